The first-order chi connectivity index (χ1) is 31.2. The second kappa shape index (κ2) is 15.8. The molecule has 0 radical (unpaired) electrons. The van der Waals surface area contributed by atoms with Gasteiger partial charge in [0.25, 0.3) is 0 Å². The quantitative estimate of drug-likeness (QED) is 0.153. The van der Waals surface area contributed by atoms with E-state index in [2.05, 4.69) is 188 Å². The van der Waals surface area contributed by atoms with Gasteiger partial charge in [-0.3, -0.25) is 0 Å². The molecular formula is C59H38N4. The van der Waals surface area contributed by atoms with Crippen molar-refractivity contribution in [3.8, 4) is 84.7 Å². The fourth-order valence-corrected chi connectivity index (χ4v) is 9.28. The summed E-state index contributed by atoms with van der Waals surface area (Å²) in [6.45, 7) is 0. The lowest BCUT2D eigenvalue weighted by Crippen LogP contribution is -2.28. The van der Waals surface area contributed by atoms with E-state index in [0.717, 1.165) is 50.1 Å². The summed E-state index contributed by atoms with van der Waals surface area (Å²) in [5, 5.41) is 9.75. The Morgan fingerprint density at radius 1 is 0.302 bits per heavy atom. The summed E-state index contributed by atoms with van der Waals surface area (Å²) in [5.74, 6) is 1.83. The maximum atomic E-state index is 9.75. The van der Waals surface area contributed by atoms with E-state index in [1.165, 1.54) is 33.4 Å². The highest BCUT2D eigenvalue weighted by atomic mass is 15.0. The highest BCUT2D eigenvalue weighted by Gasteiger charge is 2.46. The molecule has 9 aromatic carbocycles. The van der Waals surface area contributed by atoms with Gasteiger partial charge in [-0.15, -0.1) is 0 Å². The first kappa shape index (κ1) is 37.5. The van der Waals surface area contributed by atoms with Crippen LogP contribution in [0.4, 0.5) is 0 Å². The Morgan fingerprint density at radius 2 is 0.683 bits per heavy atom. The average molecular weight is 803 g/mol. The minimum absolute atomic E-state index is 0.549. The molecule has 0 N–H and O–H groups in total. The Labute approximate surface area is 367 Å². The van der Waals surface area contributed by atoms with Crippen LogP contribution in [0.1, 0.15) is 27.8 Å². The fourth-order valence-electron chi connectivity index (χ4n) is 9.28. The van der Waals surface area contributed by atoms with Crippen LogP contribution in [-0.2, 0) is 5.41 Å². The van der Waals surface area contributed by atoms with Crippen LogP contribution >= 0.6 is 0 Å². The summed E-state index contributed by atoms with van der Waals surface area (Å²) in [6, 6.07) is 83.0. The molecule has 63 heavy (non-hydrogen) atoms. The topological polar surface area (TPSA) is 62.5 Å². The van der Waals surface area contributed by atoms with Crippen LogP contribution in [0.5, 0.6) is 0 Å². The van der Waals surface area contributed by atoms with Crippen LogP contribution < -0.4 is 0 Å². The van der Waals surface area contributed by atoms with Crippen LogP contribution in [0, 0.1) is 11.3 Å². The summed E-state index contributed by atoms with van der Waals surface area (Å²) in [7, 11) is 0. The zero-order valence-electron chi connectivity index (χ0n) is 34.2. The van der Waals surface area contributed by atoms with Crippen LogP contribution in [0.2, 0.25) is 0 Å². The van der Waals surface area contributed by atoms with E-state index in [0.29, 0.717) is 23.0 Å². The maximum absolute atomic E-state index is 9.75. The molecule has 0 spiro atoms. The van der Waals surface area contributed by atoms with E-state index in [-0.39, 0.29) is 0 Å². The van der Waals surface area contributed by atoms with Crippen molar-refractivity contribution in [3.05, 3.63) is 258 Å². The number of aromatic nitrogens is 3. The monoisotopic (exact) mass is 802 g/mol. The third-order valence-corrected chi connectivity index (χ3v) is 12.3. The Bertz CT molecular complexity index is 3250. The Morgan fingerprint density at radius 3 is 1.21 bits per heavy atom. The molecule has 1 aliphatic carbocycles. The second-order valence-corrected chi connectivity index (χ2v) is 15.9. The summed E-state index contributed by atoms with van der Waals surface area (Å²) in [4.78, 5) is 15.1. The van der Waals surface area contributed by atoms with Gasteiger partial charge in [0.1, 0.15) is 0 Å². The van der Waals surface area contributed by atoms with Crippen molar-refractivity contribution in [2.24, 2.45) is 0 Å². The molecular weight excluding hydrogens is 765 g/mol. The number of hydrogen-bond acceptors (Lipinski definition) is 4. The third-order valence-electron chi connectivity index (χ3n) is 12.3. The molecule has 4 nitrogen and oxygen atoms in total. The highest BCUT2D eigenvalue weighted by Crippen LogP contribution is 2.58. The van der Waals surface area contributed by atoms with Gasteiger partial charge < -0.3 is 0 Å². The van der Waals surface area contributed by atoms with E-state index < -0.39 is 5.41 Å². The summed E-state index contributed by atoms with van der Waals surface area (Å²) >= 11 is 0. The molecule has 0 fully saturated rings. The molecule has 10 aromatic rings. The van der Waals surface area contributed by atoms with Crippen LogP contribution in [0.25, 0.3) is 78.7 Å². The molecule has 0 unspecified atom stereocenters. The van der Waals surface area contributed by atoms with Crippen molar-refractivity contribution >= 4 is 0 Å². The van der Waals surface area contributed by atoms with Crippen molar-refractivity contribution in [2.45, 2.75) is 5.41 Å². The zero-order chi connectivity index (χ0) is 42.2. The maximum Gasteiger partial charge on any atom is 0.164 e. The van der Waals surface area contributed by atoms with Gasteiger partial charge in [0.2, 0.25) is 0 Å². The molecule has 0 aliphatic heterocycles. The van der Waals surface area contributed by atoms with Crippen molar-refractivity contribution in [1.29, 1.82) is 5.26 Å². The molecule has 294 valence electrons. The van der Waals surface area contributed by atoms with Crippen LogP contribution in [-0.4, -0.2) is 15.0 Å². The van der Waals surface area contributed by atoms with E-state index >= 15 is 0 Å². The van der Waals surface area contributed by atoms with E-state index in [4.69, 9.17) is 15.0 Å². The number of nitrogens with zero attached hydrogens (tertiary/aromatic N) is 4. The third kappa shape index (κ3) is 6.61. The standard InChI is InChI=1S/C59H38N4/c60-39-40-25-27-43(28-26-40)52-38-55-53(50-23-13-14-24-54(50)59(55,48-19-9-3-10-20-48)49-21-11-4-12-22-49)37-51(52)44-31-35-47(36-32-44)58-62-56(45-17-7-2-8-18-45)61-57(63-58)46-33-29-42(30-34-46)41-15-5-1-6-16-41/h1-38H. The molecule has 0 saturated heterocycles. The van der Waals surface area contributed by atoms with E-state index in [1.54, 1.807) is 0 Å². The van der Waals surface area contributed by atoms with Gasteiger partial charge in [0.05, 0.1) is 17.0 Å². The number of fused-ring (bicyclic) bond motifs is 3. The van der Waals surface area contributed by atoms with Gasteiger partial charge in [0.15, 0.2) is 17.5 Å². The number of nitriles is 1. The van der Waals surface area contributed by atoms with Gasteiger partial charge >= 0.3 is 0 Å². The predicted molar refractivity (Wildman–Crippen MR) is 254 cm³/mol. The van der Waals surface area contributed by atoms with Gasteiger partial charge in [-0.1, -0.05) is 206 Å². The highest BCUT2D eigenvalue weighted by molar-refractivity contribution is 5.95. The Hall–Kier alpha value is -8.52. The average Bonchev–Trinajstić information content (AvgIpc) is 3.67. The SMILES string of the molecule is N#Cc1ccc(-c2cc3c(cc2-c2ccc(-c4nc(-c5ccccc5)nc(-c5ccc(-c6ccccc6)cc5)n4)cc2)-c2ccccc2C3(c2ccccc2)c2ccccc2)cc1. The molecule has 0 bridgehead atoms. The van der Waals surface area contributed by atoms with Gasteiger partial charge in [0, 0.05) is 16.7 Å². The van der Waals surface area contributed by atoms with Crippen LogP contribution in [0.3, 0.4) is 0 Å². The predicted octanol–water partition coefficient (Wildman–Crippen LogP) is 14.1. The molecule has 1 heterocycles. The van der Waals surface area contributed by atoms with Crippen LogP contribution in [0.15, 0.2) is 231 Å². The first-order valence-electron chi connectivity index (χ1n) is 21.2. The van der Waals surface area contributed by atoms with E-state index in [9.17, 15) is 5.26 Å². The second-order valence-electron chi connectivity index (χ2n) is 15.9. The number of benzene rings is 9. The smallest absolute Gasteiger partial charge is 0.164 e. The molecule has 1 aromatic heterocycles. The Balaban J connectivity index is 1.07. The summed E-state index contributed by atoms with van der Waals surface area (Å²) < 4.78 is 0. The molecule has 0 amide bonds. The molecule has 1 aliphatic rings. The van der Waals surface area contributed by atoms with E-state index in [1.807, 2.05) is 48.5 Å². The normalized spacial score (nSPS) is 12.2. The van der Waals surface area contributed by atoms with Crippen molar-refractivity contribution in [3.63, 3.8) is 0 Å². The minimum atomic E-state index is -0.549. The largest absolute Gasteiger partial charge is 0.208 e. The number of hydrogen-bond donors (Lipinski definition) is 0. The Kier molecular flexibility index (Phi) is 9.41. The molecule has 0 saturated carbocycles. The van der Waals surface area contributed by atoms with Crippen molar-refractivity contribution in [1.82, 2.24) is 15.0 Å². The van der Waals surface area contributed by atoms with Gasteiger partial charge in [-0.2, -0.15) is 5.26 Å². The lowest BCUT2D eigenvalue weighted by Gasteiger charge is -2.34. The molecule has 11 rings (SSSR count). The molecule has 4 heteroatoms. The minimum Gasteiger partial charge on any atom is -0.208 e. The fraction of sp³-hybridized carbons (Fsp3) is 0.0169. The molecule has 0 atom stereocenters. The first-order valence-corrected chi connectivity index (χ1v) is 21.2. The zero-order valence-corrected chi connectivity index (χ0v) is 34.2. The lowest BCUT2D eigenvalue weighted by molar-refractivity contribution is 0.769. The van der Waals surface area contributed by atoms with Crippen molar-refractivity contribution < 1.29 is 0 Å². The van der Waals surface area contributed by atoms with Gasteiger partial charge in [-0.25, -0.2) is 15.0 Å². The van der Waals surface area contributed by atoms with Crippen molar-refractivity contribution in [2.75, 3.05) is 0 Å². The lowest BCUT2D eigenvalue weighted by atomic mass is 9.67. The van der Waals surface area contributed by atoms with Gasteiger partial charge in [-0.05, 0) is 91.0 Å². The summed E-state index contributed by atoms with van der Waals surface area (Å²) in [6.07, 6.45) is 0. The summed E-state index contributed by atoms with van der Waals surface area (Å²) in [5.41, 5.74) is 16.7. The number of rotatable bonds is 8.